The number of rotatable bonds is 6. The summed E-state index contributed by atoms with van der Waals surface area (Å²) in [4.78, 5) is 11.7. The molecule has 0 atom stereocenters. The molecule has 0 saturated heterocycles. The van der Waals surface area contributed by atoms with E-state index in [1.165, 1.54) is 24.3 Å². The Balaban J connectivity index is 1.87. The number of anilines is 1. The van der Waals surface area contributed by atoms with E-state index < -0.39 is 21.7 Å². The van der Waals surface area contributed by atoms with Crippen molar-refractivity contribution < 1.29 is 17.6 Å². The van der Waals surface area contributed by atoms with Gasteiger partial charge in [-0.3, -0.25) is 4.79 Å². The summed E-state index contributed by atoms with van der Waals surface area (Å²) in [5.74, 6) is -1.21. The number of hydrogen-bond donors (Lipinski definition) is 2. The van der Waals surface area contributed by atoms with Gasteiger partial charge in [0, 0.05) is 5.69 Å². The zero-order valence-electron chi connectivity index (χ0n) is 11.6. The second-order valence-corrected chi connectivity index (χ2v) is 6.43. The van der Waals surface area contributed by atoms with E-state index in [2.05, 4.69) is 10.0 Å². The van der Waals surface area contributed by atoms with E-state index in [1.54, 1.807) is 30.3 Å². The Bertz CT molecular complexity index is 731. The van der Waals surface area contributed by atoms with Crippen molar-refractivity contribution in [1.82, 2.24) is 4.72 Å². The minimum absolute atomic E-state index is 0.314. The van der Waals surface area contributed by atoms with Crippen LogP contribution in [0.25, 0.3) is 0 Å². The molecule has 1 amide bonds. The van der Waals surface area contributed by atoms with Crippen molar-refractivity contribution in [2.75, 3.05) is 11.9 Å². The molecule has 0 heterocycles. The van der Waals surface area contributed by atoms with Gasteiger partial charge in [0.1, 0.15) is 5.82 Å². The van der Waals surface area contributed by atoms with E-state index >= 15 is 0 Å². The Kier molecular flexibility index (Phi) is 5.24. The van der Waals surface area contributed by atoms with Gasteiger partial charge < -0.3 is 5.32 Å². The first kappa shape index (κ1) is 16.1. The fraction of sp³-hybridized carbons (Fsp3) is 0.133. The zero-order chi connectivity index (χ0) is 16.0. The van der Waals surface area contributed by atoms with Crippen LogP contribution >= 0.6 is 0 Å². The predicted octanol–water partition coefficient (Wildman–Crippen LogP) is 1.88. The molecule has 0 aliphatic rings. The van der Waals surface area contributed by atoms with Crippen molar-refractivity contribution in [3.8, 4) is 0 Å². The average molecular weight is 322 g/mol. The van der Waals surface area contributed by atoms with Gasteiger partial charge in [-0.15, -0.1) is 0 Å². The number of carbonyl (C=O) groups is 1. The van der Waals surface area contributed by atoms with Gasteiger partial charge in [0.2, 0.25) is 15.9 Å². The summed E-state index contributed by atoms with van der Waals surface area (Å²) >= 11 is 0. The van der Waals surface area contributed by atoms with Crippen LogP contribution in [0, 0.1) is 5.82 Å². The van der Waals surface area contributed by atoms with Crippen LogP contribution in [-0.2, 0) is 20.6 Å². The maximum atomic E-state index is 12.8. The Morgan fingerprint density at radius 2 is 1.64 bits per heavy atom. The second kappa shape index (κ2) is 7.15. The average Bonchev–Trinajstić information content (AvgIpc) is 2.49. The minimum atomic E-state index is -3.67. The van der Waals surface area contributed by atoms with Gasteiger partial charge >= 0.3 is 0 Å². The SMILES string of the molecule is O=C(CNS(=O)(=O)Cc1ccc(F)cc1)Nc1ccccc1. The van der Waals surface area contributed by atoms with Gasteiger partial charge in [0.15, 0.2) is 0 Å². The van der Waals surface area contributed by atoms with Crippen LogP contribution in [0.5, 0.6) is 0 Å². The summed E-state index contributed by atoms with van der Waals surface area (Å²) in [6, 6.07) is 13.9. The van der Waals surface area contributed by atoms with Crippen LogP contribution in [0.4, 0.5) is 10.1 Å². The van der Waals surface area contributed by atoms with E-state index in [0.29, 0.717) is 11.3 Å². The van der Waals surface area contributed by atoms with E-state index in [0.717, 1.165) is 0 Å². The van der Waals surface area contributed by atoms with Crippen LogP contribution in [0.1, 0.15) is 5.56 Å². The lowest BCUT2D eigenvalue weighted by Gasteiger charge is -2.08. The highest BCUT2D eigenvalue weighted by atomic mass is 32.2. The Labute approximate surface area is 128 Å². The van der Waals surface area contributed by atoms with Gasteiger partial charge in [-0.25, -0.2) is 17.5 Å². The van der Waals surface area contributed by atoms with Crippen molar-refractivity contribution in [2.24, 2.45) is 0 Å². The van der Waals surface area contributed by atoms with Crippen molar-refractivity contribution in [1.29, 1.82) is 0 Å². The maximum absolute atomic E-state index is 12.8. The van der Waals surface area contributed by atoms with Gasteiger partial charge in [-0.1, -0.05) is 30.3 Å². The Morgan fingerprint density at radius 1 is 1.00 bits per heavy atom. The first-order chi connectivity index (χ1) is 10.4. The molecule has 0 unspecified atom stereocenters. The van der Waals surface area contributed by atoms with Crippen molar-refractivity contribution in [2.45, 2.75) is 5.75 Å². The summed E-state index contributed by atoms with van der Waals surface area (Å²) in [7, 11) is -3.67. The van der Waals surface area contributed by atoms with Crippen molar-refractivity contribution >= 4 is 21.6 Å². The van der Waals surface area contributed by atoms with Gasteiger partial charge in [-0.05, 0) is 29.8 Å². The Morgan fingerprint density at radius 3 is 2.27 bits per heavy atom. The van der Waals surface area contributed by atoms with E-state index in [9.17, 15) is 17.6 Å². The first-order valence-corrected chi connectivity index (χ1v) is 8.16. The second-order valence-electron chi connectivity index (χ2n) is 4.62. The summed E-state index contributed by atoms with van der Waals surface area (Å²) in [6.45, 7) is -0.363. The molecule has 0 spiro atoms. The molecule has 7 heteroatoms. The van der Waals surface area contributed by atoms with Gasteiger partial charge in [0.25, 0.3) is 0 Å². The molecular formula is C15H15FN2O3S. The summed E-state index contributed by atoms with van der Waals surface area (Å²) in [6.07, 6.45) is 0. The summed E-state index contributed by atoms with van der Waals surface area (Å²) in [5, 5.41) is 2.57. The normalized spacial score (nSPS) is 11.1. The van der Waals surface area contributed by atoms with Crippen LogP contribution in [0.15, 0.2) is 54.6 Å². The topological polar surface area (TPSA) is 75.3 Å². The third kappa shape index (κ3) is 5.27. The van der Waals surface area contributed by atoms with E-state index in [-0.39, 0.29) is 12.3 Å². The maximum Gasteiger partial charge on any atom is 0.239 e. The summed E-state index contributed by atoms with van der Waals surface area (Å²) in [5.41, 5.74) is 1.03. The third-order valence-electron chi connectivity index (χ3n) is 2.78. The predicted molar refractivity (Wildman–Crippen MR) is 82.1 cm³/mol. The number of nitrogens with one attached hydrogen (secondary N) is 2. The first-order valence-electron chi connectivity index (χ1n) is 6.51. The number of carbonyl (C=O) groups excluding carboxylic acids is 1. The lowest BCUT2D eigenvalue weighted by atomic mass is 10.2. The number of sulfonamides is 1. The molecular weight excluding hydrogens is 307 g/mol. The highest BCUT2D eigenvalue weighted by molar-refractivity contribution is 7.88. The van der Waals surface area contributed by atoms with E-state index in [1.807, 2.05) is 0 Å². The molecule has 0 radical (unpaired) electrons. The summed E-state index contributed by atoms with van der Waals surface area (Å²) < 4.78 is 38.7. The molecule has 0 aromatic heterocycles. The van der Waals surface area contributed by atoms with Crippen molar-refractivity contribution in [3.63, 3.8) is 0 Å². The molecule has 2 aromatic rings. The van der Waals surface area contributed by atoms with Gasteiger partial charge in [-0.2, -0.15) is 0 Å². The fourth-order valence-corrected chi connectivity index (χ4v) is 2.84. The van der Waals surface area contributed by atoms with Crippen LogP contribution in [-0.4, -0.2) is 20.9 Å². The van der Waals surface area contributed by atoms with Crippen LogP contribution in [0.3, 0.4) is 0 Å². The molecule has 0 fully saturated rings. The van der Waals surface area contributed by atoms with Crippen LogP contribution < -0.4 is 10.0 Å². The third-order valence-corrected chi connectivity index (χ3v) is 4.08. The van der Waals surface area contributed by atoms with E-state index in [4.69, 9.17) is 0 Å². The number of benzene rings is 2. The zero-order valence-corrected chi connectivity index (χ0v) is 12.4. The number of hydrogen-bond acceptors (Lipinski definition) is 3. The molecule has 0 bridgehead atoms. The number of halogens is 1. The monoisotopic (exact) mass is 322 g/mol. The molecule has 0 aliphatic carbocycles. The standard InChI is InChI=1S/C15H15FN2O3S/c16-13-8-6-12(7-9-13)11-22(20,21)17-10-15(19)18-14-4-2-1-3-5-14/h1-9,17H,10-11H2,(H,18,19). The minimum Gasteiger partial charge on any atom is -0.325 e. The highest BCUT2D eigenvalue weighted by Gasteiger charge is 2.13. The molecule has 2 rings (SSSR count). The largest absolute Gasteiger partial charge is 0.325 e. The molecule has 0 saturated carbocycles. The molecule has 5 nitrogen and oxygen atoms in total. The Hall–Kier alpha value is -2.25. The van der Waals surface area contributed by atoms with Crippen LogP contribution in [0.2, 0.25) is 0 Å². The molecule has 0 aliphatic heterocycles. The smallest absolute Gasteiger partial charge is 0.239 e. The molecule has 116 valence electrons. The van der Waals surface area contributed by atoms with Crippen molar-refractivity contribution in [3.05, 3.63) is 66.0 Å². The lowest BCUT2D eigenvalue weighted by molar-refractivity contribution is -0.115. The quantitative estimate of drug-likeness (QED) is 0.853. The fourth-order valence-electron chi connectivity index (χ4n) is 1.75. The number of amides is 1. The number of para-hydroxylation sites is 1. The van der Waals surface area contributed by atoms with Gasteiger partial charge in [0.05, 0.1) is 12.3 Å². The highest BCUT2D eigenvalue weighted by Crippen LogP contribution is 2.07. The molecule has 22 heavy (non-hydrogen) atoms. The molecule has 2 aromatic carbocycles. The molecule has 2 N–H and O–H groups in total. The lowest BCUT2D eigenvalue weighted by Crippen LogP contribution is -2.33.